The number of carbonyl (C=O) groups is 2. The summed E-state index contributed by atoms with van der Waals surface area (Å²) in [7, 11) is 0. The molecule has 20 heavy (non-hydrogen) atoms. The van der Waals surface area contributed by atoms with Gasteiger partial charge in [-0.05, 0) is 48.0 Å². The third kappa shape index (κ3) is 2.55. The minimum Gasteiger partial charge on any atom is -0.336 e. The van der Waals surface area contributed by atoms with E-state index in [9.17, 15) is 9.59 Å². The van der Waals surface area contributed by atoms with Crippen molar-refractivity contribution in [3.05, 3.63) is 0 Å². The Bertz CT molecular complexity index is 420. The van der Waals surface area contributed by atoms with Crippen molar-refractivity contribution in [1.29, 1.82) is 0 Å². The summed E-state index contributed by atoms with van der Waals surface area (Å²) < 4.78 is 0. The van der Waals surface area contributed by atoms with E-state index in [1.807, 2.05) is 46.4 Å². The molecule has 0 aromatic rings. The molecule has 2 rings (SSSR count). The summed E-state index contributed by atoms with van der Waals surface area (Å²) >= 11 is 0. The maximum Gasteiger partial charge on any atom is 0.247 e. The molecule has 5 nitrogen and oxygen atoms in total. The Balaban J connectivity index is 2.36. The van der Waals surface area contributed by atoms with Gasteiger partial charge in [0.25, 0.3) is 0 Å². The van der Waals surface area contributed by atoms with Crippen molar-refractivity contribution in [1.82, 2.24) is 15.1 Å². The molecule has 114 valence electrons. The highest BCUT2D eigenvalue weighted by Crippen LogP contribution is 2.30. The van der Waals surface area contributed by atoms with Gasteiger partial charge in [0.05, 0.1) is 6.54 Å². The summed E-state index contributed by atoms with van der Waals surface area (Å²) in [6.07, 6.45) is 0.896. The smallest absolute Gasteiger partial charge is 0.247 e. The van der Waals surface area contributed by atoms with Crippen LogP contribution >= 0.6 is 0 Å². The lowest BCUT2D eigenvalue weighted by Gasteiger charge is -2.53. The molecule has 0 aliphatic carbocycles. The number of piperidine rings is 1. The molecule has 2 aliphatic heterocycles. The third-order valence-corrected chi connectivity index (χ3v) is 4.16. The second-order valence-electron chi connectivity index (χ2n) is 7.82. The van der Waals surface area contributed by atoms with E-state index < -0.39 is 0 Å². The number of rotatable bonds is 0. The van der Waals surface area contributed by atoms with Crippen LogP contribution in [0, 0.1) is 0 Å². The number of nitrogens with one attached hydrogen (secondary N) is 1. The van der Waals surface area contributed by atoms with E-state index in [0.29, 0.717) is 6.54 Å². The van der Waals surface area contributed by atoms with E-state index in [2.05, 4.69) is 5.32 Å². The van der Waals surface area contributed by atoms with Crippen LogP contribution in [-0.4, -0.2) is 57.9 Å². The van der Waals surface area contributed by atoms with Gasteiger partial charge in [-0.2, -0.15) is 0 Å². The Morgan fingerprint density at radius 2 is 1.65 bits per heavy atom. The maximum atomic E-state index is 12.9. The molecular formula is C15H27N3O2. The average Bonchev–Trinajstić information content (AvgIpc) is 2.26. The number of piperazine rings is 1. The van der Waals surface area contributed by atoms with Gasteiger partial charge in [-0.25, -0.2) is 0 Å². The van der Waals surface area contributed by atoms with Crippen LogP contribution in [-0.2, 0) is 9.59 Å². The lowest BCUT2D eigenvalue weighted by atomic mass is 9.87. The predicted molar refractivity (Wildman–Crippen MR) is 78.3 cm³/mol. The van der Waals surface area contributed by atoms with Crippen LogP contribution in [0.1, 0.15) is 48.0 Å². The lowest BCUT2D eigenvalue weighted by Crippen LogP contribution is -2.73. The zero-order valence-electron chi connectivity index (χ0n) is 13.5. The molecule has 2 amide bonds. The number of nitrogens with zero attached hydrogens (tertiary/aromatic N) is 2. The highest BCUT2D eigenvalue weighted by molar-refractivity contribution is 5.92. The molecule has 0 aromatic carbocycles. The largest absolute Gasteiger partial charge is 0.336 e. The van der Waals surface area contributed by atoms with Crippen molar-refractivity contribution >= 4 is 11.8 Å². The maximum absolute atomic E-state index is 12.9. The van der Waals surface area contributed by atoms with E-state index in [-0.39, 0.29) is 35.0 Å². The Morgan fingerprint density at radius 3 is 2.15 bits per heavy atom. The predicted octanol–water partition coefficient (Wildman–Crippen LogP) is 0.985. The SMILES string of the molecule is CC(C)(C)N1CCC2NCC(=O)N(C(C)(C)C)C2C1=O. The number of amides is 2. The topological polar surface area (TPSA) is 52.7 Å². The van der Waals surface area contributed by atoms with Crippen molar-refractivity contribution in [2.75, 3.05) is 13.1 Å². The highest BCUT2D eigenvalue weighted by Gasteiger charge is 2.50. The fourth-order valence-corrected chi connectivity index (χ4v) is 3.29. The fourth-order valence-electron chi connectivity index (χ4n) is 3.29. The van der Waals surface area contributed by atoms with Crippen LogP contribution in [0.25, 0.3) is 0 Å². The second kappa shape index (κ2) is 4.72. The molecule has 0 bridgehead atoms. The Labute approximate surface area is 121 Å². The molecule has 2 heterocycles. The van der Waals surface area contributed by atoms with Crippen LogP contribution in [0.2, 0.25) is 0 Å². The Morgan fingerprint density at radius 1 is 1.05 bits per heavy atom. The number of hydrogen-bond acceptors (Lipinski definition) is 3. The van der Waals surface area contributed by atoms with Crippen LogP contribution in [0.4, 0.5) is 0 Å². The van der Waals surface area contributed by atoms with Crippen molar-refractivity contribution < 1.29 is 9.59 Å². The summed E-state index contributed by atoms with van der Waals surface area (Å²) in [6.45, 7) is 13.2. The summed E-state index contributed by atoms with van der Waals surface area (Å²) in [4.78, 5) is 28.9. The molecule has 0 radical (unpaired) electrons. The highest BCUT2D eigenvalue weighted by atomic mass is 16.2. The molecule has 2 fully saturated rings. The number of carbonyl (C=O) groups excluding carboxylic acids is 2. The van der Waals surface area contributed by atoms with Crippen LogP contribution in [0.15, 0.2) is 0 Å². The van der Waals surface area contributed by atoms with Crippen molar-refractivity contribution in [3.8, 4) is 0 Å². The molecule has 0 saturated carbocycles. The molecule has 2 unspecified atom stereocenters. The number of hydrogen-bond donors (Lipinski definition) is 1. The van der Waals surface area contributed by atoms with Gasteiger partial charge in [-0.15, -0.1) is 0 Å². The first-order valence-corrected chi connectivity index (χ1v) is 7.40. The van der Waals surface area contributed by atoms with Gasteiger partial charge in [-0.3, -0.25) is 9.59 Å². The fraction of sp³-hybridized carbons (Fsp3) is 0.867. The van der Waals surface area contributed by atoms with Crippen molar-refractivity contribution in [2.45, 2.75) is 71.1 Å². The average molecular weight is 281 g/mol. The van der Waals surface area contributed by atoms with Crippen molar-refractivity contribution in [2.24, 2.45) is 0 Å². The Hall–Kier alpha value is -1.10. The standard InChI is InChI=1S/C15H27N3O2/c1-14(2,3)17-8-7-10-12(13(17)20)18(15(4,5)6)11(19)9-16-10/h10,12,16H,7-9H2,1-6H3. The summed E-state index contributed by atoms with van der Waals surface area (Å²) in [5.74, 6) is 0.0899. The zero-order valence-corrected chi connectivity index (χ0v) is 13.5. The molecule has 5 heteroatoms. The molecule has 2 aliphatic rings. The number of fused-ring (bicyclic) bond motifs is 1. The molecular weight excluding hydrogens is 254 g/mol. The molecule has 0 spiro atoms. The number of likely N-dealkylation sites (tertiary alicyclic amines) is 1. The first kappa shape index (κ1) is 15.3. The van der Waals surface area contributed by atoms with Gasteiger partial charge < -0.3 is 15.1 Å². The molecule has 0 aromatic heterocycles. The minimum absolute atomic E-state index is 0.0165. The van der Waals surface area contributed by atoms with Gasteiger partial charge in [0, 0.05) is 23.7 Å². The normalized spacial score (nSPS) is 28.7. The van der Waals surface area contributed by atoms with Gasteiger partial charge in [0.1, 0.15) is 6.04 Å². The van der Waals surface area contributed by atoms with E-state index in [0.717, 1.165) is 13.0 Å². The first-order chi connectivity index (χ1) is 9.03. The van der Waals surface area contributed by atoms with Gasteiger partial charge in [-0.1, -0.05) is 0 Å². The molecule has 2 atom stereocenters. The quantitative estimate of drug-likeness (QED) is 0.720. The summed E-state index contributed by atoms with van der Waals surface area (Å²) in [5.41, 5.74) is -0.537. The second-order valence-corrected chi connectivity index (χ2v) is 7.82. The Kier molecular flexibility index (Phi) is 3.61. The van der Waals surface area contributed by atoms with E-state index in [1.54, 1.807) is 4.90 Å². The molecule has 1 N–H and O–H groups in total. The van der Waals surface area contributed by atoms with Crippen LogP contribution in [0.5, 0.6) is 0 Å². The minimum atomic E-state index is -0.371. The van der Waals surface area contributed by atoms with Gasteiger partial charge in [0.15, 0.2) is 0 Å². The third-order valence-electron chi connectivity index (χ3n) is 4.16. The van der Waals surface area contributed by atoms with Gasteiger partial charge in [0.2, 0.25) is 11.8 Å². The summed E-state index contributed by atoms with van der Waals surface area (Å²) in [6, 6.07) is -0.290. The first-order valence-electron chi connectivity index (χ1n) is 7.40. The zero-order chi connectivity index (χ0) is 15.3. The summed E-state index contributed by atoms with van der Waals surface area (Å²) in [5, 5.41) is 3.24. The monoisotopic (exact) mass is 281 g/mol. The van der Waals surface area contributed by atoms with E-state index in [1.165, 1.54) is 0 Å². The van der Waals surface area contributed by atoms with E-state index in [4.69, 9.17) is 0 Å². The van der Waals surface area contributed by atoms with Gasteiger partial charge >= 0.3 is 0 Å². The van der Waals surface area contributed by atoms with Crippen molar-refractivity contribution in [3.63, 3.8) is 0 Å². The van der Waals surface area contributed by atoms with Crippen LogP contribution in [0.3, 0.4) is 0 Å². The molecule has 2 saturated heterocycles. The lowest BCUT2D eigenvalue weighted by molar-refractivity contribution is -0.162. The van der Waals surface area contributed by atoms with E-state index >= 15 is 0 Å². The van der Waals surface area contributed by atoms with Crippen LogP contribution < -0.4 is 5.32 Å².